The van der Waals surface area contributed by atoms with Crippen LogP contribution in [0.5, 0.6) is 11.5 Å². The summed E-state index contributed by atoms with van der Waals surface area (Å²) in [6.07, 6.45) is 0.392. The van der Waals surface area contributed by atoms with Crippen molar-refractivity contribution >= 4 is 52.4 Å². The highest BCUT2D eigenvalue weighted by molar-refractivity contribution is 7.97. The second kappa shape index (κ2) is 14.4. The van der Waals surface area contributed by atoms with Crippen LogP contribution in [-0.2, 0) is 19.8 Å². The summed E-state index contributed by atoms with van der Waals surface area (Å²) >= 11 is 7.36. The zero-order chi connectivity index (χ0) is 35.6. The number of hydrogen-bond donors (Lipinski definition) is 2. The Morgan fingerprint density at radius 1 is 1.02 bits per heavy atom. The van der Waals surface area contributed by atoms with Crippen LogP contribution in [0.3, 0.4) is 0 Å². The number of rotatable bonds is 11. The number of nitrogens with zero attached hydrogens (tertiary/aromatic N) is 2. The molecule has 2 amide bonds. The normalized spacial score (nSPS) is 16.3. The van der Waals surface area contributed by atoms with Crippen LogP contribution in [0.15, 0.2) is 65.8 Å². The molecule has 14 heteroatoms. The van der Waals surface area contributed by atoms with Gasteiger partial charge in [-0.05, 0) is 75.1 Å². The van der Waals surface area contributed by atoms with Crippen molar-refractivity contribution in [2.45, 2.75) is 69.9 Å². The molecule has 262 valence electrons. The summed E-state index contributed by atoms with van der Waals surface area (Å²) in [5, 5.41) is 8.03. The van der Waals surface area contributed by atoms with E-state index in [2.05, 4.69) is 19.9 Å². The Balaban J connectivity index is 1.52. The van der Waals surface area contributed by atoms with Crippen molar-refractivity contribution in [1.29, 1.82) is 0 Å². The number of nitrogens with one attached hydrogen (secondary N) is 2. The lowest BCUT2D eigenvalue weighted by atomic mass is 9.81. The SMILES string of the molecule is COc1cc(NC(C(=O)N2CC3(CCCC3)c3ccc(OC(F)(F)F)cc32)c2ccc(Cl)cc2)cc(/C(C)=N/OC(C)(C)C(=O)NSC)c1. The lowest BCUT2D eigenvalue weighted by Crippen LogP contribution is -2.40. The molecule has 5 rings (SSSR count). The molecule has 1 atom stereocenters. The molecule has 3 aromatic rings. The second-order valence-electron chi connectivity index (χ2n) is 12.6. The number of hydrogen-bond acceptors (Lipinski definition) is 8. The van der Waals surface area contributed by atoms with E-state index in [4.69, 9.17) is 21.2 Å². The average molecular weight is 719 g/mol. The average Bonchev–Trinajstić information content (AvgIpc) is 3.66. The summed E-state index contributed by atoms with van der Waals surface area (Å²) in [5.74, 6) is -0.648. The number of halogens is 4. The summed E-state index contributed by atoms with van der Waals surface area (Å²) in [5.41, 5.74) is 1.76. The van der Waals surface area contributed by atoms with Crippen molar-refractivity contribution in [2.75, 3.05) is 30.1 Å². The van der Waals surface area contributed by atoms with Crippen LogP contribution in [0.25, 0.3) is 0 Å². The highest BCUT2D eigenvalue weighted by atomic mass is 35.5. The fourth-order valence-corrected chi connectivity index (χ4v) is 6.85. The molecule has 1 fully saturated rings. The zero-order valence-electron chi connectivity index (χ0n) is 27.7. The zero-order valence-corrected chi connectivity index (χ0v) is 29.3. The molecule has 0 aromatic heterocycles. The summed E-state index contributed by atoms with van der Waals surface area (Å²) < 4.78 is 52.1. The number of amides is 2. The van der Waals surface area contributed by atoms with Gasteiger partial charge in [0.2, 0.25) is 5.60 Å². The molecule has 0 bridgehead atoms. The maximum Gasteiger partial charge on any atom is 0.573 e. The van der Waals surface area contributed by atoms with Gasteiger partial charge in [0, 0.05) is 46.6 Å². The standard InChI is InChI=1S/C35H38ClF3N4O5S/c1-21(41-48-33(2,3)32(45)42-49-5)23-16-25(18-27(17-23)46-4)40-30(22-8-10-24(36)11-9-22)31(44)43-20-34(14-6-7-15-34)28-13-12-26(19-29(28)43)47-35(37,38)39/h8-13,16-19,30,40H,6-7,14-15,20H2,1-5H3,(H,42,45)/b41-21+. The van der Waals surface area contributed by atoms with Crippen molar-refractivity contribution in [3.8, 4) is 11.5 Å². The predicted octanol–water partition coefficient (Wildman–Crippen LogP) is 8.17. The molecule has 2 aliphatic rings. The number of carbonyl (C=O) groups is 2. The highest BCUT2D eigenvalue weighted by Gasteiger charge is 2.48. The Morgan fingerprint density at radius 3 is 2.35 bits per heavy atom. The van der Waals surface area contributed by atoms with Gasteiger partial charge in [0.15, 0.2) is 0 Å². The summed E-state index contributed by atoms with van der Waals surface area (Å²) in [6, 6.07) is 15.3. The van der Waals surface area contributed by atoms with Crippen LogP contribution < -0.4 is 24.4 Å². The van der Waals surface area contributed by atoms with Gasteiger partial charge in [0.1, 0.15) is 17.5 Å². The van der Waals surface area contributed by atoms with Crippen LogP contribution in [0, 0.1) is 0 Å². The van der Waals surface area contributed by atoms with Crippen molar-refractivity contribution in [1.82, 2.24) is 4.72 Å². The number of methoxy groups -OCH3 is 1. The Bertz CT molecular complexity index is 1730. The van der Waals surface area contributed by atoms with Gasteiger partial charge in [-0.3, -0.25) is 14.3 Å². The van der Waals surface area contributed by atoms with E-state index in [9.17, 15) is 22.8 Å². The van der Waals surface area contributed by atoms with E-state index in [1.165, 1.54) is 19.2 Å². The maximum atomic E-state index is 14.7. The first-order chi connectivity index (χ1) is 23.1. The van der Waals surface area contributed by atoms with Crippen molar-refractivity contribution in [3.63, 3.8) is 0 Å². The lowest BCUT2D eigenvalue weighted by molar-refractivity contribution is -0.274. The van der Waals surface area contributed by atoms with E-state index in [1.54, 1.807) is 80.5 Å². The molecular weight excluding hydrogens is 681 g/mol. The quantitative estimate of drug-likeness (QED) is 0.117. The second-order valence-corrected chi connectivity index (χ2v) is 13.7. The minimum absolute atomic E-state index is 0.328. The molecular formula is C35H38ClF3N4O5S. The minimum atomic E-state index is -4.88. The van der Waals surface area contributed by atoms with Gasteiger partial charge < -0.3 is 24.5 Å². The number of oxime groups is 1. The van der Waals surface area contributed by atoms with Crippen LogP contribution in [-0.4, -0.2) is 49.4 Å². The van der Waals surface area contributed by atoms with E-state index in [-0.39, 0.29) is 17.2 Å². The Hall–Kier alpha value is -4.10. The Morgan fingerprint density at radius 2 is 1.71 bits per heavy atom. The predicted molar refractivity (Wildman–Crippen MR) is 185 cm³/mol. The third-order valence-electron chi connectivity index (χ3n) is 8.83. The van der Waals surface area contributed by atoms with Gasteiger partial charge in [-0.25, -0.2) is 0 Å². The van der Waals surface area contributed by atoms with Gasteiger partial charge >= 0.3 is 6.36 Å². The molecule has 1 aliphatic heterocycles. The van der Waals surface area contributed by atoms with Gasteiger partial charge in [-0.1, -0.05) is 59.7 Å². The van der Waals surface area contributed by atoms with Crippen molar-refractivity contribution in [2.24, 2.45) is 5.16 Å². The summed E-state index contributed by atoms with van der Waals surface area (Å²) in [7, 11) is 1.51. The van der Waals surface area contributed by atoms with E-state index in [0.29, 0.717) is 45.5 Å². The van der Waals surface area contributed by atoms with Gasteiger partial charge in [-0.15, -0.1) is 13.2 Å². The van der Waals surface area contributed by atoms with E-state index in [1.807, 2.05) is 0 Å². The van der Waals surface area contributed by atoms with Gasteiger partial charge in [0.25, 0.3) is 11.8 Å². The van der Waals surface area contributed by atoms with E-state index in [0.717, 1.165) is 43.2 Å². The van der Waals surface area contributed by atoms with Crippen LogP contribution in [0.2, 0.25) is 5.02 Å². The molecule has 1 saturated carbocycles. The van der Waals surface area contributed by atoms with Crippen LogP contribution in [0.1, 0.15) is 69.2 Å². The molecule has 1 heterocycles. The van der Waals surface area contributed by atoms with Crippen molar-refractivity contribution in [3.05, 3.63) is 82.4 Å². The minimum Gasteiger partial charge on any atom is -0.497 e. The number of fused-ring (bicyclic) bond motifs is 2. The number of alkyl halides is 3. The van der Waals surface area contributed by atoms with E-state index >= 15 is 0 Å². The third kappa shape index (κ3) is 8.21. The maximum absolute atomic E-state index is 14.7. The van der Waals surface area contributed by atoms with Crippen molar-refractivity contribution < 1.29 is 37.1 Å². The van der Waals surface area contributed by atoms with Gasteiger partial charge in [0.05, 0.1) is 18.5 Å². The summed E-state index contributed by atoms with van der Waals surface area (Å²) in [6.45, 7) is 5.24. The fraction of sp³-hybridized carbons (Fsp3) is 0.400. The molecule has 1 aliphatic carbocycles. The van der Waals surface area contributed by atoms with Crippen LogP contribution in [0.4, 0.5) is 24.5 Å². The molecule has 1 unspecified atom stereocenters. The Kier molecular flexibility index (Phi) is 10.6. The topological polar surface area (TPSA) is 101 Å². The molecule has 1 spiro atoms. The monoisotopic (exact) mass is 718 g/mol. The fourth-order valence-electron chi connectivity index (χ4n) is 6.30. The number of benzene rings is 3. The smallest absolute Gasteiger partial charge is 0.497 e. The number of carbonyl (C=O) groups excluding carboxylic acids is 2. The van der Waals surface area contributed by atoms with E-state index < -0.39 is 23.8 Å². The molecule has 3 aromatic carbocycles. The number of anilines is 2. The largest absolute Gasteiger partial charge is 0.573 e. The van der Waals surface area contributed by atoms with Gasteiger partial charge in [-0.2, -0.15) is 0 Å². The third-order valence-corrected chi connectivity index (χ3v) is 9.47. The lowest BCUT2D eigenvalue weighted by Gasteiger charge is -2.28. The molecule has 9 nitrogen and oxygen atoms in total. The Labute approximate surface area is 292 Å². The number of ether oxygens (including phenoxy) is 2. The summed E-state index contributed by atoms with van der Waals surface area (Å²) in [4.78, 5) is 34.3. The molecule has 2 N–H and O–H groups in total. The highest BCUT2D eigenvalue weighted by Crippen LogP contribution is 2.52. The molecule has 49 heavy (non-hydrogen) atoms. The first kappa shape index (κ1) is 36.2. The first-order valence-corrected chi connectivity index (χ1v) is 17.2. The molecule has 0 saturated heterocycles. The first-order valence-electron chi connectivity index (χ1n) is 15.6. The van der Waals surface area contributed by atoms with Crippen LogP contribution >= 0.6 is 23.5 Å². The molecule has 0 radical (unpaired) electrons.